The number of ether oxygens (including phenoxy) is 2. The average molecular weight is 441 g/mol. The molecule has 1 saturated heterocycles. The molecule has 8 heteroatoms. The molecule has 5 rings (SSSR count). The van der Waals surface area contributed by atoms with Gasteiger partial charge in [-0.3, -0.25) is 4.79 Å². The maximum atomic E-state index is 14.9. The average Bonchev–Trinajstić information content (AvgIpc) is 3.37. The molecule has 0 spiro atoms. The molecule has 1 amide bonds. The van der Waals surface area contributed by atoms with E-state index in [1.165, 1.54) is 59.5 Å². The van der Waals surface area contributed by atoms with E-state index in [9.17, 15) is 23.1 Å². The number of halogens is 3. The van der Waals surface area contributed by atoms with Crippen LogP contribution < -0.4 is 9.47 Å². The highest BCUT2D eigenvalue weighted by atomic mass is 19.1. The van der Waals surface area contributed by atoms with Crippen LogP contribution in [0.1, 0.15) is 27.9 Å². The highest BCUT2D eigenvalue weighted by molar-refractivity contribution is 5.95. The Bertz CT molecular complexity index is 1140. The van der Waals surface area contributed by atoms with Crippen LogP contribution in [-0.4, -0.2) is 35.1 Å². The third-order valence-electron chi connectivity index (χ3n) is 5.67. The Morgan fingerprint density at radius 2 is 1.44 bits per heavy atom. The van der Waals surface area contributed by atoms with Crippen LogP contribution in [0.25, 0.3) is 0 Å². The van der Waals surface area contributed by atoms with Gasteiger partial charge in [-0.1, -0.05) is 0 Å². The van der Waals surface area contributed by atoms with E-state index in [0.717, 1.165) is 6.07 Å². The minimum Gasteiger partial charge on any atom is -0.440 e. The Labute approximate surface area is 181 Å². The number of hydrogen-bond donors (Lipinski definition) is 1. The zero-order valence-electron chi connectivity index (χ0n) is 16.7. The van der Waals surface area contributed by atoms with Gasteiger partial charge in [0.2, 0.25) is 0 Å². The molecule has 0 bridgehead atoms. The van der Waals surface area contributed by atoms with E-state index < -0.39 is 35.2 Å². The van der Waals surface area contributed by atoms with Crippen LogP contribution in [0.4, 0.5) is 13.2 Å². The van der Waals surface area contributed by atoms with Crippen molar-refractivity contribution in [3.8, 4) is 11.5 Å². The fraction of sp³-hybridized carbons (Fsp3) is 0.208. The van der Waals surface area contributed by atoms with Crippen molar-refractivity contribution in [1.29, 1.82) is 0 Å². The van der Waals surface area contributed by atoms with E-state index in [1.807, 2.05) is 0 Å². The molecule has 0 aliphatic carbocycles. The van der Waals surface area contributed by atoms with Gasteiger partial charge in [-0.2, -0.15) is 0 Å². The molecule has 2 aliphatic rings. The summed E-state index contributed by atoms with van der Waals surface area (Å²) >= 11 is 0. The summed E-state index contributed by atoms with van der Waals surface area (Å²) in [6.07, 6.45) is -0.212. The van der Waals surface area contributed by atoms with Crippen molar-refractivity contribution < 1.29 is 32.5 Å². The van der Waals surface area contributed by atoms with Gasteiger partial charge in [0.15, 0.2) is 11.5 Å². The normalized spacial score (nSPS) is 18.8. The van der Waals surface area contributed by atoms with Gasteiger partial charge in [-0.05, 0) is 61.0 Å². The summed E-state index contributed by atoms with van der Waals surface area (Å²) in [6.45, 7) is 0.449. The Kier molecular flexibility index (Phi) is 4.82. The lowest BCUT2D eigenvalue weighted by Crippen LogP contribution is -2.36. The van der Waals surface area contributed by atoms with Crippen LogP contribution in [0.15, 0.2) is 60.7 Å². The van der Waals surface area contributed by atoms with E-state index in [2.05, 4.69) is 0 Å². The lowest BCUT2D eigenvalue weighted by atomic mass is 9.97. The molecule has 3 aromatic rings. The zero-order chi connectivity index (χ0) is 22.5. The fourth-order valence-electron chi connectivity index (χ4n) is 4.03. The van der Waals surface area contributed by atoms with Crippen molar-refractivity contribution in [2.75, 3.05) is 13.1 Å². The highest BCUT2D eigenvalue weighted by Crippen LogP contribution is 2.48. The second-order valence-electron chi connectivity index (χ2n) is 7.81. The van der Waals surface area contributed by atoms with Crippen LogP contribution in [0.5, 0.6) is 11.5 Å². The summed E-state index contributed by atoms with van der Waals surface area (Å²) < 4.78 is 54.1. The van der Waals surface area contributed by atoms with Gasteiger partial charge in [0.05, 0.1) is 11.7 Å². The lowest BCUT2D eigenvalue weighted by Gasteiger charge is -2.28. The third-order valence-corrected chi connectivity index (χ3v) is 5.67. The first-order valence-corrected chi connectivity index (χ1v) is 10.1. The largest absolute Gasteiger partial charge is 0.440 e. The summed E-state index contributed by atoms with van der Waals surface area (Å²) in [6, 6.07) is 13.1. The van der Waals surface area contributed by atoms with Crippen LogP contribution >= 0.6 is 0 Å². The van der Waals surface area contributed by atoms with Crippen LogP contribution in [0.2, 0.25) is 0 Å². The second-order valence-corrected chi connectivity index (χ2v) is 7.81. The van der Waals surface area contributed by atoms with Crippen molar-refractivity contribution in [2.24, 2.45) is 0 Å². The predicted molar refractivity (Wildman–Crippen MR) is 108 cm³/mol. The number of likely N-dealkylation sites (tertiary alicyclic amines) is 1. The molecule has 3 aromatic carbocycles. The molecule has 0 radical (unpaired) electrons. The first-order chi connectivity index (χ1) is 15.4. The minimum absolute atomic E-state index is 0.0501. The molecular formula is C24H18F3NO4. The van der Waals surface area contributed by atoms with E-state index in [-0.39, 0.29) is 23.6 Å². The molecule has 0 saturated carbocycles. The maximum absolute atomic E-state index is 14.9. The third kappa shape index (κ3) is 3.36. The standard InChI is InChI=1S/C24H18F3NO4/c25-16-5-1-14(2-6-16)24(15-3-7-17(26)8-4-15)31-21-11-19(20(27)12-22(21)32-24)23(30)28-10-9-18(29)13-28/h1-8,11-12,18,29H,9-10,13H2. The van der Waals surface area contributed by atoms with E-state index in [0.29, 0.717) is 24.1 Å². The van der Waals surface area contributed by atoms with Crippen molar-refractivity contribution in [3.05, 3.63) is 94.8 Å². The number of fused-ring (bicyclic) bond motifs is 1. The fourth-order valence-corrected chi connectivity index (χ4v) is 4.03. The molecule has 32 heavy (non-hydrogen) atoms. The van der Waals surface area contributed by atoms with Crippen molar-refractivity contribution >= 4 is 5.91 Å². The number of hydrogen-bond acceptors (Lipinski definition) is 4. The summed E-state index contributed by atoms with van der Waals surface area (Å²) in [5.74, 6) is -3.76. The van der Waals surface area contributed by atoms with E-state index >= 15 is 0 Å². The van der Waals surface area contributed by atoms with Gasteiger partial charge in [0, 0.05) is 30.3 Å². The molecule has 1 N–H and O–H groups in total. The van der Waals surface area contributed by atoms with Gasteiger partial charge in [0.25, 0.3) is 5.91 Å². The van der Waals surface area contributed by atoms with Gasteiger partial charge in [0.1, 0.15) is 17.5 Å². The molecule has 164 valence electrons. The van der Waals surface area contributed by atoms with Crippen LogP contribution in [-0.2, 0) is 5.79 Å². The summed E-state index contributed by atoms with van der Waals surface area (Å²) in [4.78, 5) is 14.2. The minimum atomic E-state index is -1.62. The van der Waals surface area contributed by atoms with E-state index in [1.54, 1.807) is 0 Å². The monoisotopic (exact) mass is 441 g/mol. The Hall–Kier alpha value is -3.52. The quantitative estimate of drug-likeness (QED) is 0.668. The SMILES string of the molecule is O=C(c1cc2c(cc1F)OC(c1ccc(F)cc1)(c1ccc(F)cc1)O2)N1CCC(O)C1. The Morgan fingerprint density at radius 1 is 0.906 bits per heavy atom. The smallest absolute Gasteiger partial charge is 0.305 e. The number of aliphatic hydroxyl groups excluding tert-OH is 1. The lowest BCUT2D eigenvalue weighted by molar-refractivity contribution is -0.0460. The molecule has 0 aromatic heterocycles. The number of rotatable bonds is 3. The number of benzene rings is 3. The van der Waals surface area contributed by atoms with Crippen molar-refractivity contribution in [1.82, 2.24) is 4.90 Å². The number of carbonyl (C=O) groups excluding carboxylic acids is 1. The molecular weight excluding hydrogens is 423 g/mol. The van der Waals surface area contributed by atoms with Crippen LogP contribution in [0, 0.1) is 17.5 Å². The topological polar surface area (TPSA) is 59.0 Å². The Balaban J connectivity index is 1.57. The molecule has 1 fully saturated rings. The zero-order valence-corrected chi connectivity index (χ0v) is 16.7. The molecule has 2 heterocycles. The van der Waals surface area contributed by atoms with Gasteiger partial charge in [-0.15, -0.1) is 0 Å². The highest BCUT2D eigenvalue weighted by Gasteiger charge is 2.46. The predicted octanol–water partition coefficient (Wildman–Crippen LogP) is 3.98. The maximum Gasteiger partial charge on any atom is 0.305 e. The molecule has 1 unspecified atom stereocenters. The van der Waals surface area contributed by atoms with Crippen molar-refractivity contribution in [2.45, 2.75) is 18.3 Å². The number of nitrogens with zero attached hydrogens (tertiary/aromatic N) is 1. The first-order valence-electron chi connectivity index (χ1n) is 10.1. The second kappa shape index (κ2) is 7.56. The molecule has 1 atom stereocenters. The van der Waals surface area contributed by atoms with Gasteiger partial charge in [-0.25, -0.2) is 13.2 Å². The first kappa shape index (κ1) is 20.4. The molecule has 2 aliphatic heterocycles. The number of carbonyl (C=O) groups is 1. The number of aliphatic hydroxyl groups is 1. The summed E-state index contributed by atoms with van der Waals surface area (Å²) in [5, 5.41) is 9.69. The number of β-amino-alcohol motifs (C(OH)–C–C–N with tert-alkyl or cyclic N) is 1. The van der Waals surface area contributed by atoms with Gasteiger partial charge < -0.3 is 19.5 Å². The summed E-state index contributed by atoms with van der Waals surface area (Å²) in [5.41, 5.74) is 0.589. The van der Waals surface area contributed by atoms with E-state index in [4.69, 9.17) is 9.47 Å². The molecule has 5 nitrogen and oxygen atoms in total. The Morgan fingerprint density at radius 3 is 1.94 bits per heavy atom. The summed E-state index contributed by atoms with van der Waals surface area (Å²) in [7, 11) is 0. The van der Waals surface area contributed by atoms with Crippen molar-refractivity contribution in [3.63, 3.8) is 0 Å². The number of amides is 1. The van der Waals surface area contributed by atoms with Gasteiger partial charge >= 0.3 is 5.79 Å². The van der Waals surface area contributed by atoms with Crippen LogP contribution in [0.3, 0.4) is 0 Å².